The lowest BCUT2D eigenvalue weighted by atomic mass is 9.94. The van der Waals surface area contributed by atoms with Crippen LogP contribution in [0.5, 0.6) is 0 Å². The number of hydrogen-bond donors (Lipinski definition) is 2. The SMILES string of the molecule is CC(C)(CN=Cc1cnc(-c2ccccc2)[nH]1)CN=Cc1cnc(-c2ccccc2)[nH]1. The highest BCUT2D eigenvalue weighted by atomic mass is 14.9. The standard InChI is InChI=1S/C25H26N6/c1-25(2,17-26-13-21-15-28-23(30-21)19-9-5-3-6-10-19)18-27-14-22-16-29-24(31-22)20-11-7-4-8-12-20/h3-16H,17-18H2,1-2H3,(H,28,30)(H,29,31). The molecule has 0 amide bonds. The third kappa shape index (κ3) is 5.63. The van der Waals surface area contributed by atoms with Gasteiger partial charge in [0.15, 0.2) is 0 Å². The monoisotopic (exact) mass is 410 g/mol. The maximum absolute atomic E-state index is 4.60. The van der Waals surface area contributed by atoms with Crippen molar-refractivity contribution >= 4 is 12.4 Å². The highest BCUT2D eigenvalue weighted by Crippen LogP contribution is 2.18. The van der Waals surface area contributed by atoms with Gasteiger partial charge in [0.25, 0.3) is 0 Å². The minimum Gasteiger partial charge on any atom is -0.337 e. The van der Waals surface area contributed by atoms with Crippen molar-refractivity contribution in [2.45, 2.75) is 13.8 Å². The zero-order valence-electron chi connectivity index (χ0n) is 17.8. The summed E-state index contributed by atoms with van der Waals surface area (Å²) in [5.74, 6) is 1.70. The Hall–Kier alpha value is -3.80. The van der Waals surface area contributed by atoms with Gasteiger partial charge in [-0.3, -0.25) is 9.98 Å². The van der Waals surface area contributed by atoms with Crippen LogP contribution in [0.2, 0.25) is 0 Å². The summed E-state index contributed by atoms with van der Waals surface area (Å²) in [4.78, 5) is 24.6. The van der Waals surface area contributed by atoms with Crippen LogP contribution in [-0.2, 0) is 0 Å². The molecule has 0 fully saturated rings. The molecule has 0 aliphatic carbocycles. The van der Waals surface area contributed by atoms with Crippen LogP contribution in [0.15, 0.2) is 83.0 Å². The van der Waals surface area contributed by atoms with Crippen LogP contribution >= 0.6 is 0 Å². The zero-order valence-corrected chi connectivity index (χ0v) is 17.8. The van der Waals surface area contributed by atoms with Crippen molar-refractivity contribution in [1.82, 2.24) is 19.9 Å². The van der Waals surface area contributed by atoms with Crippen LogP contribution in [-0.4, -0.2) is 45.5 Å². The molecule has 0 aliphatic rings. The number of benzene rings is 2. The third-order valence-electron chi connectivity index (χ3n) is 4.78. The molecule has 0 unspecified atom stereocenters. The molecule has 6 heteroatoms. The normalized spacial score (nSPS) is 12.2. The number of rotatable bonds is 8. The lowest BCUT2D eigenvalue weighted by Crippen LogP contribution is -2.19. The number of nitrogens with zero attached hydrogens (tertiary/aromatic N) is 4. The molecule has 6 nitrogen and oxygen atoms in total. The zero-order chi connectivity index (χ0) is 21.5. The van der Waals surface area contributed by atoms with Crippen LogP contribution in [0, 0.1) is 5.41 Å². The third-order valence-corrected chi connectivity index (χ3v) is 4.78. The van der Waals surface area contributed by atoms with Gasteiger partial charge in [0.1, 0.15) is 11.6 Å². The fourth-order valence-electron chi connectivity index (χ4n) is 3.12. The summed E-state index contributed by atoms with van der Waals surface area (Å²) in [7, 11) is 0. The maximum atomic E-state index is 4.60. The molecule has 0 radical (unpaired) electrons. The smallest absolute Gasteiger partial charge is 0.137 e. The molecule has 156 valence electrons. The van der Waals surface area contributed by atoms with Gasteiger partial charge in [-0.2, -0.15) is 0 Å². The molecular formula is C25H26N6. The molecule has 0 bridgehead atoms. The summed E-state index contributed by atoms with van der Waals surface area (Å²) < 4.78 is 0. The van der Waals surface area contributed by atoms with E-state index in [2.05, 4.69) is 43.8 Å². The second kappa shape index (κ2) is 9.34. The van der Waals surface area contributed by atoms with Crippen molar-refractivity contribution in [3.05, 3.63) is 84.4 Å². The lowest BCUT2D eigenvalue weighted by molar-refractivity contribution is 0.396. The molecule has 2 aromatic carbocycles. The van der Waals surface area contributed by atoms with Crippen LogP contribution in [0.4, 0.5) is 0 Å². The van der Waals surface area contributed by atoms with E-state index >= 15 is 0 Å². The first-order valence-electron chi connectivity index (χ1n) is 10.3. The number of aliphatic imine (C=N–C) groups is 2. The number of hydrogen-bond acceptors (Lipinski definition) is 4. The highest BCUT2D eigenvalue weighted by Gasteiger charge is 2.16. The van der Waals surface area contributed by atoms with Crippen molar-refractivity contribution in [2.75, 3.05) is 13.1 Å². The molecule has 2 heterocycles. The molecule has 4 aromatic rings. The molecule has 0 spiro atoms. The van der Waals surface area contributed by atoms with E-state index < -0.39 is 0 Å². The number of H-pyrrole nitrogens is 2. The van der Waals surface area contributed by atoms with Gasteiger partial charge in [-0.15, -0.1) is 0 Å². The summed E-state index contributed by atoms with van der Waals surface area (Å²) >= 11 is 0. The van der Waals surface area contributed by atoms with E-state index in [-0.39, 0.29) is 5.41 Å². The van der Waals surface area contributed by atoms with Crippen LogP contribution in [0.25, 0.3) is 22.8 Å². The average molecular weight is 411 g/mol. The summed E-state index contributed by atoms with van der Waals surface area (Å²) in [5.41, 5.74) is 3.85. The second-order valence-electron chi connectivity index (χ2n) is 8.21. The van der Waals surface area contributed by atoms with Crippen molar-refractivity contribution in [3.8, 4) is 22.8 Å². The van der Waals surface area contributed by atoms with Crippen LogP contribution in [0.1, 0.15) is 25.2 Å². The van der Waals surface area contributed by atoms with E-state index in [0.717, 1.165) is 34.2 Å². The summed E-state index contributed by atoms with van der Waals surface area (Å²) in [6, 6.07) is 20.1. The topological polar surface area (TPSA) is 82.1 Å². The van der Waals surface area contributed by atoms with Gasteiger partial charge in [-0.25, -0.2) is 9.97 Å². The molecule has 31 heavy (non-hydrogen) atoms. The van der Waals surface area contributed by atoms with E-state index in [4.69, 9.17) is 0 Å². The second-order valence-corrected chi connectivity index (χ2v) is 8.21. The Kier molecular flexibility index (Phi) is 6.17. The van der Waals surface area contributed by atoms with Gasteiger partial charge in [-0.1, -0.05) is 74.5 Å². The Labute approximate surface area is 182 Å². The Balaban J connectivity index is 1.30. The number of nitrogens with one attached hydrogen (secondary N) is 2. The van der Waals surface area contributed by atoms with Gasteiger partial charge in [-0.05, 0) is 0 Å². The van der Waals surface area contributed by atoms with Gasteiger partial charge < -0.3 is 9.97 Å². The first-order chi connectivity index (χ1) is 15.1. The molecule has 0 saturated heterocycles. The fourth-order valence-corrected chi connectivity index (χ4v) is 3.12. The molecule has 2 N–H and O–H groups in total. The number of imidazole rings is 2. The highest BCUT2D eigenvalue weighted by molar-refractivity contribution is 5.78. The largest absolute Gasteiger partial charge is 0.337 e. The predicted octanol–water partition coefficient (Wildman–Crippen LogP) is 5.03. The molecule has 0 atom stereocenters. The van der Waals surface area contributed by atoms with Gasteiger partial charge in [0, 0.05) is 42.1 Å². The first-order valence-corrected chi connectivity index (χ1v) is 10.3. The predicted molar refractivity (Wildman–Crippen MR) is 127 cm³/mol. The lowest BCUT2D eigenvalue weighted by Gasteiger charge is -2.19. The number of aromatic amines is 2. The van der Waals surface area contributed by atoms with Gasteiger partial charge >= 0.3 is 0 Å². The minimum absolute atomic E-state index is 0.0580. The van der Waals surface area contributed by atoms with E-state index in [1.807, 2.05) is 73.1 Å². The summed E-state index contributed by atoms with van der Waals surface area (Å²) in [6.45, 7) is 5.66. The summed E-state index contributed by atoms with van der Waals surface area (Å²) in [5, 5.41) is 0. The first kappa shape index (κ1) is 20.5. The van der Waals surface area contributed by atoms with Gasteiger partial charge in [0.2, 0.25) is 0 Å². The fraction of sp³-hybridized carbons (Fsp3) is 0.200. The van der Waals surface area contributed by atoms with Crippen molar-refractivity contribution in [3.63, 3.8) is 0 Å². The van der Waals surface area contributed by atoms with Crippen molar-refractivity contribution < 1.29 is 0 Å². The van der Waals surface area contributed by atoms with Crippen molar-refractivity contribution in [2.24, 2.45) is 15.4 Å². The Morgan fingerprint density at radius 3 is 1.55 bits per heavy atom. The Morgan fingerprint density at radius 1 is 0.710 bits per heavy atom. The minimum atomic E-state index is -0.0580. The van der Waals surface area contributed by atoms with E-state index in [9.17, 15) is 0 Å². The van der Waals surface area contributed by atoms with E-state index in [0.29, 0.717) is 13.1 Å². The Morgan fingerprint density at radius 2 is 1.13 bits per heavy atom. The average Bonchev–Trinajstić information content (AvgIpc) is 3.45. The quantitative estimate of drug-likeness (QED) is 0.399. The van der Waals surface area contributed by atoms with Gasteiger partial charge in [0.05, 0.1) is 23.8 Å². The van der Waals surface area contributed by atoms with Crippen LogP contribution < -0.4 is 0 Å². The maximum Gasteiger partial charge on any atom is 0.137 e. The molecule has 0 aliphatic heterocycles. The van der Waals surface area contributed by atoms with Crippen molar-refractivity contribution in [1.29, 1.82) is 0 Å². The molecular weight excluding hydrogens is 384 g/mol. The molecule has 0 saturated carbocycles. The summed E-state index contributed by atoms with van der Waals surface area (Å²) in [6.07, 6.45) is 7.29. The van der Waals surface area contributed by atoms with E-state index in [1.165, 1.54) is 0 Å². The number of aromatic nitrogens is 4. The Bertz CT molecular complexity index is 1060. The van der Waals surface area contributed by atoms with E-state index in [1.54, 1.807) is 12.4 Å². The molecule has 2 aromatic heterocycles. The van der Waals surface area contributed by atoms with Crippen LogP contribution in [0.3, 0.4) is 0 Å². The molecule has 4 rings (SSSR count).